The van der Waals surface area contributed by atoms with Gasteiger partial charge in [0.05, 0.1) is 26.5 Å². The fourth-order valence-corrected chi connectivity index (χ4v) is 4.23. The van der Waals surface area contributed by atoms with Gasteiger partial charge < -0.3 is 23.5 Å². The molecule has 1 aliphatic rings. The SMILES string of the molecule is COc1cc2c(cc1OC)C(COc1ccc(C(C)C)cc1)N(C(=O)/C=C/c1ccco1)CC2. The summed E-state index contributed by atoms with van der Waals surface area (Å²) in [5.41, 5.74) is 3.38. The van der Waals surface area contributed by atoms with Crippen LogP contribution in [0.2, 0.25) is 0 Å². The van der Waals surface area contributed by atoms with Crippen molar-refractivity contribution in [2.75, 3.05) is 27.4 Å². The topological polar surface area (TPSA) is 61.1 Å². The van der Waals surface area contributed by atoms with Crippen LogP contribution in [0.5, 0.6) is 17.2 Å². The van der Waals surface area contributed by atoms with Crippen LogP contribution in [-0.2, 0) is 11.2 Å². The van der Waals surface area contributed by atoms with Gasteiger partial charge in [0.2, 0.25) is 5.91 Å². The van der Waals surface area contributed by atoms with Crippen LogP contribution in [0, 0.1) is 0 Å². The normalized spacial score (nSPS) is 15.4. The fraction of sp³-hybridized carbons (Fsp3) is 0.321. The first-order valence-corrected chi connectivity index (χ1v) is 11.5. The number of fused-ring (bicyclic) bond motifs is 1. The number of rotatable bonds is 8. The van der Waals surface area contributed by atoms with E-state index in [0.717, 1.165) is 23.3 Å². The predicted octanol–water partition coefficient (Wildman–Crippen LogP) is 5.64. The van der Waals surface area contributed by atoms with E-state index < -0.39 is 0 Å². The molecule has 1 unspecified atom stereocenters. The third-order valence-corrected chi connectivity index (χ3v) is 6.17. The molecule has 4 rings (SSSR count). The summed E-state index contributed by atoms with van der Waals surface area (Å²) in [7, 11) is 3.24. The van der Waals surface area contributed by atoms with E-state index in [-0.39, 0.29) is 11.9 Å². The Balaban J connectivity index is 1.62. The highest BCUT2D eigenvalue weighted by atomic mass is 16.5. The number of carbonyl (C=O) groups excluding carboxylic acids is 1. The van der Waals surface area contributed by atoms with Crippen molar-refractivity contribution in [3.63, 3.8) is 0 Å². The summed E-state index contributed by atoms with van der Waals surface area (Å²) in [4.78, 5) is 15.1. The molecule has 0 bridgehead atoms. The van der Waals surface area contributed by atoms with Gasteiger partial charge >= 0.3 is 0 Å². The van der Waals surface area contributed by atoms with Crippen LogP contribution in [0.15, 0.2) is 65.3 Å². The molecule has 0 saturated carbocycles. The van der Waals surface area contributed by atoms with E-state index in [2.05, 4.69) is 26.0 Å². The summed E-state index contributed by atoms with van der Waals surface area (Å²) in [6.07, 6.45) is 5.54. The molecule has 6 nitrogen and oxygen atoms in total. The van der Waals surface area contributed by atoms with Gasteiger partial charge in [-0.2, -0.15) is 0 Å². The van der Waals surface area contributed by atoms with Crippen LogP contribution in [-0.4, -0.2) is 38.2 Å². The number of hydrogen-bond acceptors (Lipinski definition) is 5. The number of hydrogen-bond donors (Lipinski definition) is 0. The number of carbonyl (C=O) groups is 1. The molecule has 0 N–H and O–H groups in total. The minimum atomic E-state index is -0.276. The Bertz CT molecular complexity index is 1130. The fourth-order valence-electron chi connectivity index (χ4n) is 4.23. The van der Waals surface area contributed by atoms with Crippen LogP contribution in [0.25, 0.3) is 6.08 Å². The molecule has 0 spiro atoms. The highest BCUT2D eigenvalue weighted by Gasteiger charge is 2.32. The average molecular weight is 462 g/mol. The van der Waals surface area contributed by atoms with E-state index >= 15 is 0 Å². The lowest BCUT2D eigenvalue weighted by atomic mass is 9.92. The highest BCUT2D eigenvalue weighted by molar-refractivity contribution is 5.92. The van der Waals surface area contributed by atoms with Gasteiger partial charge in [-0.05, 0) is 71.5 Å². The molecule has 1 amide bonds. The van der Waals surface area contributed by atoms with Crippen LogP contribution in [0.3, 0.4) is 0 Å². The first-order chi connectivity index (χ1) is 16.5. The van der Waals surface area contributed by atoms with Gasteiger partial charge in [0.25, 0.3) is 0 Å². The first-order valence-electron chi connectivity index (χ1n) is 11.5. The lowest BCUT2D eigenvalue weighted by molar-refractivity contribution is -0.129. The maximum Gasteiger partial charge on any atom is 0.247 e. The van der Waals surface area contributed by atoms with E-state index in [4.69, 9.17) is 18.6 Å². The van der Waals surface area contributed by atoms with Crippen molar-refractivity contribution in [3.8, 4) is 17.2 Å². The van der Waals surface area contributed by atoms with E-state index in [1.807, 2.05) is 35.2 Å². The zero-order valence-electron chi connectivity index (χ0n) is 20.1. The summed E-state index contributed by atoms with van der Waals surface area (Å²) in [5, 5.41) is 0. The van der Waals surface area contributed by atoms with Gasteiger partial charge in [-0.1, -0.05) is 26.0 Å². The van der Waals surface area contributed by atoms with Crippen molar-refractivity contribution in [2.45, 2.75) is 32.2 Å². The Labute approximate surface area is 200 Å². The second kappa shape index (κ2) is 10.5. The van der Waals surface area contributed by atoms with Crippen molar-refractivity contribution >= 4 is 12.0 Å². The molecular weight excluding hydrogens is 430 g/mol. The van der Waals surface area contributed by atoms with Gasteiger partial charge in [-0.15, -0.1) is 0 Å². The van der Waals surface area contributed by atoms with Gasteiger partial charge in [0.1, 0.15) is 18.1 Å². The summed E-state index contributed by atoms with van der Waals surface area (Å²) in [5.74, 6) is 3.08. The largest absolute Gasteiger partial charge is 0.493 e. The third-order valence-electron chi connectivity index (χ3n) is 6.17. The Morgan fingerprint density at radius 2 is 1.85 bits per heavy atom. The summed E-state index contributed by atoms with van der Waals surface area (Å²) in [6.45, 7) is 5.22. The molecule has 3 aromatic rings. The minimum absolute atomic E-state index is 0.0967. The monoisotopic (exact) mass is 461 g/mol. The Morgan fingerprint density at radius 1 is 1.12 bits per heavy atom. The molecule has 1 atom stereocenters. The van der Waals surface area contributed by atoms with Gasteiger partial charge in [0, 0.05) is 12.6 Å². The molecule has 0 aliphatic carbocycles. The van der Waals surface area contributed by atoms with Gasteiger partial charge in [-0.3, -0.25) is 4.79 Å². The molecule has 0 saturated heterocycles. The second-order valence-corrected chi connectivity index (χ2v) is 8.59. The smallest absolute Gasteiger partial charge is 0.247 e. The lowest BCUT2D eigenvalue weighted by Gasteiger charge is -2.37. The highest BCUT2D eigenvalue weighted by Crippen LogP contribution is 2.38. The quantitative estimate of drug-likeness (QED) is 0.407. The second-order valence-electron chi connectivity index (χ2n) is 8.59. The number of furan rings is 1. The Morgan fingerprint density at radius 3 is 2.50 bits per heavy atom. The minimum Gasteiger partial charge on any atom is -0.493 e. The maximum atomic E-state index is 13.2. The molecule has 178 valence electrons. The molecule has 2 heterocycles. The lowest BCUT2D eigenvalue weighted by Crippen LogP contribution is -2.41. The Hall–Kier alpha value is -3.67. The molecule has 34 heavy (non-hydrogen) atoms. The number of amides is 1. The van der Waals surface area contributed by atoms with Crippen LogP contribution in [0.4, 0.5) is 0 Å². The predicted molar refractivity (Wildman–Crippen MR) is 131 cm³/mol. The zero-order chi connectivity index (χ0) is 24.1. The van der Waals surface area contributed by atoms with Crippen molar-refractivity contribution < 1.29 is 23.4 Å². The number of benzene rings is 2. The van der Waals surface area contributed by atoms with E-state index in [1.165, 1.54) is 5.56 Å². The standard InChI is InChI=1S/C28H31NO5/c1-19(2)20-7-9-23(10-8-20)34-18-25-24-17-27(32-4)26(31-3)16-21(24)13-14-29(25)28(30)12-11-22-6-5-15-33-22/h5-12,15-17,19,25H,13-14,18H2,1-4H3/b12-11+. The van der Waals surface area contributed by atoms with Crippen LogP contribution < -0.4 is 14.2 Å². The molecule has 0 radical (unpaired) electrons. The van der Waals surface area contributed by atoms with E-state index in [9.17, 15) is 4.79 Å². The number of nitrogens with zero attached hydrogens (tertiary/aromatic N) is 1. The number of ether oxygens (including phenoxy) is 3. The molecule has 1 aliphatic heterocycles. The number of methoxy groups -OCH3 is 2. The van der Waals surface area contributed by atoms with Crippen molar-refractivity contribution in [2.24, 2.45) is 0 Å². The molecular formula is C28H31NO5. The van der Waals surface area contributed by atoms with Gasteiger partial charge in [-0.25, -0.2) is 0 Å². The third kappa shape index (κ3) is 5.11. The average Bonchev–Trinajstić information content (AvgIpc) is 3.38. The summed E-state index contributed by atoms with van der Waals surface area (Å²) < 4.78 is 22.6. The summed E-state index contributed by atoms with van der Waals surface area (Å²) in [6, 6.07) is 15.4. The van der Waals surface area contributed by atoms with Gasteiger partial charge in [0.15, 0.2) is 11.5 Å². The van der Waals surface area contributed by atoms with Crippen molar-refractivity contribution in [3.05, 3.63) is 83.3 Å². The molecule has 6 heteroatoms. The van der Waals surface area contributed by atoms with Crippen molar-refractivity contribution in [1.29, 1.82) is 0 Å². The van der Waals surface area contributed by atoms with E-state index in [1.54, 1.807) is 38.7 Å². The Kier molecular flexibility index (Phi) is 7.26. The van der Waals surface area contributed by atoms with E-state index in [0.29, 0.717) is 36.3 Å². The molecule has 0 fully saturated rings. The van der Waals surface area contributed by atoms with Crippen LogP contribution >= 0.6 is 0 Å². The van der Waals surface area contributed by atoms with Crippen LogP contribution in [0.1, 0.15) is 48.3 Å². The molecule has 2 aromatic carbocycles. The summed E-state index contributed by atoms with van der Waals surface area (Å²) >= 11 is 0. The van der Waals surface area contributed by atoms with Crippen molar-refractivity contribution in [1.82, 2.24) is 4.90 Å². The molecule has 1 aromatic heterocycles. The first kappa shape index (κ1) is 23.5. The maximum absolute atomic E-state index is 13.2. The zero-order valence-corrected chi connectivity index (χ0v) is 20.1.